The van der Waals surface area contributed by atoms with Crippen LogP contribution in [0.4, 0.5) is 0 Å². The van der Waals surface area contributed by atoms with Crippen molar-refractivity contribution in [2.75, 3.05) is 0 Å². The molecule has 2 aromatic carbocycles. The van der Waals surface area contributed by atoms with Crippen LogP contribution in [0.15, 0.2) is 65.3 Å². The number of carbonyl (C=O) groups is 2. The highest BCUT2D eigenvalue weighted by molar-refractivity contribution is 5.95. The van der Waals surface area contributed by atoms with Crippen LogP contribution in [-0.2, 0) is 4.79 Å². The number of fused-ring (bicyclic) bond motifs is 1. The van der Waals surface area contributed by atoms with Gasteiger partial charge in [0.25, 0.3) is 5.91 Å². The Hall–Kier alpha value is -3.08. The number of carbonyl (C=O) groups excluding carboxylic acids is 2. The Labute approximate surface area is 146 Å². The predicted octanol–water partition coefficient (Wildman–Crippen LogP) is 3.43. The average molecular weight is 336 g/mol. The molecule has 1 aromatic heterocycles. The monoisotopic (exact) mass is 336 g/mol. The Bertz CT molecular complexity index is 882. The van der Waals surface area contributed by atoms with Gasteiger partial charge in [-0.1, -0.05) is 42.5 Å². The molecule has 0 aliphatic carbocycles. The van der Waals surface area contributed by atoms with Crippen molar-refractivity contribution in [2.24, 2.45) is 0 Å². The third-order valence-corrected chi connectivity index (χ3v) is 4.13. The highest BCUT2D eigenvalue weighted by atomic mass is 16.3. The minimum absolute atomic E-state index is 0.179. The molecule has 0 spiro atoms. The van der Waals surface area contributed by atoms with E-state index in [0.717, 1.165) is 16.3 Å². The van der Waals surface area contributed by atoms with E-state index in [4.69, 9.17) is 4.42 Å². The maximum Gasteiger partial charge on any atom is 0.287 e. The molecule has 2 unspecified atom stereocenters. The minimum Gasteiger partial charge on any atom is -0.459 e. The minimum atomic E-state index is -0.671. The van der Waals surface area contributed by atoms with E-state index in [2.05, 4.69) is 10.6 Å². The number of nitrogens with one attached hydrogen (secondary N) is 2. The summed E-state index contributed by atoms with van der Waals surface area (Å²) < 4.78 is 5.03. The molecule has 0 saturated heterocycles. The van der Waals surface area contributed by atoms with Crippen molar-refractivity contribution in [3.05, 3.63) is 72.2 Å². The summed E-state index contributed by atoms with van der Waals surface area (Å²) in [5, 5.41) is 7.81. The van der Waals surface area contributed by atoms with Gasteiger partial charge in [-0.05, 0) is 42.3 Å². The van der Waals surface area contributed by atoms with Crippen molar-refractivity contribution in [3.63, 3.8) is 0 Å². The van der Waals surface area contributed by atoms with Gasteiger partial charge in [0.1, 0.15) is 6.04 Å². The van der Waals surface area contributed by atoms with Crippen molar-refractivity contribution in [3.8, 4) is 0 Å². The molecule has 0 aliphatic rings. The predicted molar refractivity (Wildman–Crippen MR) is 96.1 cm³/mol. The lowest BCUT2D eigenvalue weighted by molar-refractivity contribution is -0.123. The van der Waals surface area contributed by atoms with E-state index < -0.39 is 11.9 Å². The van der Waals surface area contributed by atoms with Crippen LogP contribution in [0, 0.1) is 0 Å². The molecule has 3 aromatic rings. The molecule has 0 saturated carbocycles. The number of hydrogen-bond donors (Lipinski definition) is 2. The van der Waals surface area contributed by atoms with Crippen LogP contribution >= 0.6 is 0 Å². The molecule has 128 valence electrons. The zero-order valence-corrected chi connectivity index (χ0v) is 14.2. The Morgan fingerprint density at radius 1 is 0.920 bits per heavy atom. The highest BCUT2D eigenvalue weighted by Crippen LogP contribution is 2.24. The van der Waals surface area contributed by atoms with Crippen LogP contribution in [0.2, 0.25) is 0 Å². The summed E-state index contributed by atoms with van der Waals surface area (Å²) in [6, 6.07) is 16.4. The molecule has 3 rings (SSSR count). The van der Waals surface area contributed by atoms with Crippen molar-refractivity contribution < 1.29 is 14.0 Å². The fraction of sp³-hybridized carbons (Fsp3) is 0.200. The van der Waals surface area contributed by atoms with Gasteiger partial charge in [0.05, 0.1) is 12.3 Å². The summed E-state index contributed by atoms with van der Waals surface area (Å²) in [5.41, 5.74) is 1.04. The molecule has 1 heterocycles. The topological polar surface area (TPSA) is 71.3 Å². The van der Waals surface area contributed by atoms with E-state index in [9.17, 15) is 9.59 Å². The lowest BCUT2D eigenvalue weighted by atomic mass is 9.99. The highest BCUT2D eigenvalue weighted by Gasteiger charge is 2.20. The molecule has 2 atom stereocenters. The van der Waals surface area contributed by atoms with Gasteiger partial charge in [-0.15, -0.1) is 0 Å². The first-order chi connectivity index (χ1) is 12.1. The van der Waals surface area contributed by atoms with Gasteiger partial charge in [-0.3, -0.25) is 9.59 Å². The van der Waals surface area contributed by atoms with Crippen molar-refractivity contribution in [1.82, 2.24) is 10.6 Å². The maximum absolute atomic E-state index is 12.4. The zero-order valence-electron chi connectivity index (χ0n) is 14.2. The largest absolute Gasteiger partial charge is 0.459 e. The summed E-state index contributed by atoms with van der Waals surface area (Å²) in [7, 11) is 0. The Kier molecular flexibility index (Phi) is 4.84. The summed E-state index contributed by atoms with van der Waals surface area (Å²) >= 11 is 0. The number of furan rings is 1. The lowest BCUT2D eigenvalue weighted by Gasteiger charge is -2.20. The molecule has 0 fully saturated rings. The summed E-state index contributed by atoms with van der Waals surface area (Å²) in [4.78, 5) is 24.4. The molecular weight excluding hydrogens is 316 g/mol. The maximum atomic E-state index is 12.4. The van der Waals surface area contributed by atoms with Gasteiger partial charge in [0.15, 0.2) is 5.76 Å². The van der Waals surface area contributed by atoms with Crippen LogP contribution in [0.25, 0.3) is 10.8 Å². The Morgan fingerprint density at radius 2 is 1.68 bits per heavy atom. The summed E-state index contributed by atoms with van der Waals surface area (Å²) in [6.07, 6.45) is 1.42. The molecule has 25 heavy (non-hydrogen) atoms. The van der Waals surface area contributed by atoms with E-state index >= 15 is 0 Å². The van der Waals surface area contributed by atoms with E-state index in [1.807, 2.05) is 49.4 Å². The molecule has 5 heteroatoms. The van der Waals surface area contributed by atoms with Crippen LogP contribution < -0.4 is 10.6 Å². The third kappa shape index (κ3) is 3.71. The first kappa shape index (κ1) is 16.8. The Balaban J connectivity index is 1.68. The fourth-order valence-electron chi connectivity index (χ4n) is 2.79. The second-order valence-electron chi connectivity index (χ2n) is 5.97. The average Bonchev–Trinajstić information content (AvgIpc) is 3.15. The van der Waals surface area contributed by atoms with E-state index in [-0.39, 0.29) is 17.7 Å². The van der Waals surface area contributed by atoms with E-state index in [0.29, 0.717) is 0 Å². The van der Waals surface area contributed by atoms with Crippen LogP contribution in [0.3, 0.4) is 0 Å². The van der Waals surface area contributed by atoms with Gasteiger partial charge in [-0.25, -0.2) is 0 Å². The third-order valence-electron chi connectivity index (χ3n) is 4.13. The molecule has 0 bridgehead atoms. The zero-order chi connectivity index (χ0) is 17.8. The van der Waals surface area contributed by atoms with Crippen LogP contribution in [0.5, 0.6) is 0 Å². The number of amides is 2. The second kappa shape index (κ2) is 7.21. The molecule has 5 nitrogen and oxygen atoms in total. The summed E-state index contributed by atoms with van der Waals surface area (Å²) in [6.45, 7) is 3.58. The van der Waals surface area contributed by atoms with Gasteiger partial charge in [-0.2, -0.15) is 0 Å². The van der Waals surface area contributed by atoms with Crippen LogP contribution in [-0.4, -0.2) is 17.9 Å². The van der Waals surface area contributed by atoms with Gasteiger partial charge >= 0.3 is 0 Å². The first-order valence-electron chi connectivity index (χ1n) is 8.18. The van der Waals surface area contributed by atoms with E-state index in [1.54, 1.807) is 19.1 Å². The van der Waals surface area contributed by atoms with Crippen molar-refractivity contribution in [2.45, 2.75) is 25.9 Å². The van der Waals surface area contributed by atoms with Gasteiger partial charge < -0.3 is 15.1 Å². The molecule has 2 amide bonds. The SMILES string of the molecule is CC(NC(=O)c1ccco1)C(=O)NC(C)c1cccc2ccccc12. The van der Waals surface area contributed by atoms with Gasteiger partial charge in [0, 0.05) is 0 Å². The molecule has 0 aliphatic heterocycles. The number of hydrogen-bond acceptors (Lipinski definition) is 3. The standard InChI is InChI=1S/C20H20N2O3/c1-13(16-10-5-8-15-7-3-4-9-17(15)16)21-19(23)14(2)22-20(24)18-11-6-12-25-18/h3-14H,1-2H3,(H,21,23)(H,22,24). The van der Waals surface area contributed by atoms with Crippen LogP contribution in [0.1, 0.15) is 36.0 Å². The van der Waals surface area contributed by atoms with Crippen molar-refractivity contribution in [1.29, 1.82) is 0 Å². The molecule has 2 N–H and O–H groups in total. The number of benzene rings is 2. The second-order valence-corrected chi connectivity index (χ2v) is 5.97. The smallest absolute Gasteiger partial charge is 0.287 e. The molecular formula is C20H20N2O3. The van der Waals surface area contributed by atoms with E-state index in [1.165, 1.54) is 6.26 Å². The van der Waals surface area contributed by atoms with Crippen molar-refractivity contribution >= 4 is 22.6 Å². The number of rotatable bonds is 5. The van der Waals surface area contributed by atoms with Gasteiger partial charge in [0.2, 0.25) is 5.91 Å². The quantitative estimate of drug-likeness (QED) is 0.750. The first-order valence-corrected chi connectivity index (χ1v) is 8.18. The normalized spacial score (nSPS) is 13.2. The fourth-order valence-corrected chi connectivity index (χ4v) is 2.79. The lowest BCUT2D eigenvalue weighted by Crippen LogP contribution is -2.45. The summed E-state index contributed by atoms with van der Waals surface area (Å²) in [5.74, 6) is -0.479. The Morgan fingerprint density at radius 3 is 2.44 bits per heavy atom. The molecule has 0 radical (unpaired) electrons.